The molecule has 2 aromatic carbocycles. The monoisotopic (exact) mass is 678 g/mol. The van der Waals surface area contributed by atoms with Crippen molar-refractivity contribution in [3.05, 3.63) is 160 Å². The van der Waals surface area contributed by atoms with Crippen molar-refractivity contribution in [2.24, 2.45) is 11.8 Å². The Morgan fingerprint density at radius 1 is 0.731 bits per heavy atom. The Bertz CT molecular complexity index is 2270. The summed E-state index contributed by atoms with van der Waals surface area (Å²) >= 11 is 0. The Hall–Kier alpha value is -4.96. The number of allylic oxidation sites excluding steroid dienone is 10. The predicted octanol–water partition coefficient (Wildman–Crippen LogP) is 11.0. The molecule has 11 rings (SSSR count). The van der Waals surface area contributed by atoms with Gasteiger partial charge in [0.1, 0.15) is 0 Å². The molecule has 4 nitrogen and oxygen atoms in total. The number of fused-ring (bicyclic) bond motifs is 7. The zero-order valence-corrected chi connectivity index (χ0v) is 29.9. The van der Waals surface area contributed by atoms with Crippen LogP contribution in [0.25, 0.3) is 22.2 Å². The summed E-state index contributed by atoms with van der Waals surface area (Å²) in [6, 6.07) is 20.3. The third kappa shape index (κ3) is 4.79. The van der Waals surface area contributed by atoms with Gasteiger partial charge >= 0.3 is 0 Å². The van der Waals surface area contributed by atoms with Gasteiger partial charge in [-0.2, -0.15) is 0 Å². The molecule has 1 fully saturated rings. The van der Waals surface area contributed by atoms with Gasteiger partial charge in [-0.05, 0) is 111 Å². The maximum absolute atomic E-state index is 5.47. The molecule has 2 aliphatic heterocycles. The molecule has 0 spiro atoms. The van der Waals surface area contributed by atoms with E-state index in [9.17, 15) is 0 Å². The van der Waals surface area contributed by atoms with Crippen LogP contribution in [-0.4, -0.2) is 33.0 Å². The number of hydrogen-bond acceptors (Lipinski definition) is 4. The minimum absolute atomic E-state index is 0.281. The molecule has 1 aromatic heterocycles. The van der Waals surface area contributed by atoms with Gasteiger partial charge in [-0.15, -0.1) is 0 Å². The third-order valence-electron chi connectivity index (χ3n) is 13.3. The van der Waals surface area contributed by atoms with E-state index in [4.69, 9.17) is 9.97 Å². The van der Waals surface area contributed by atoms with Crippen LogP contribution in [0.4, 0.5) is 5.95 Å². The zero-order valence-electron chi connectivity index (χ0n) is 29.9. The number of nitrogens with zero attached hydrogens (tertiary/aromatic N) is 4. The van der Waals surface area contributed by atoms with E-state index < -0.39 is 0 Å². The molecule has 5 atom stereocenters. The summed E-state index contributed by atoms with van der Waals surface area (Å²) < 4.78 is 0. The molecular weight excluding hydrogens is 633 g/mol. The predicted molar refractivity (Wildman–Crippen MR) is 212 cm³/mol. The summed E-state index contributed by atoms with van der Waals surface area (Å²) in [4.78, 5) is 16.1. The molecule has 3 aromatic rings. The summed E-state index contributed by atoms with van der Waals surface area (Å²) in [5, 5.41) is 1.12. The van der Waals surface area contributed by atoms with E-state index in [2.05, 4.69) is 125 Å². The van der Waals surface area contributed by atoms with Crippen LogP contribution in [0, 0.1) is 11.8 Å². The first-order valence-corrected chi connectivity index (χ1v) is 20.0. The van der Waals surface area contributed by atoms with E-state index in [1.54, 1.807) is 22.3 Å². The summed E-state index contributed by atoms with van der Waals surface area (Å²) in [6.45, 7) is 0. The average Bonchev–Trinajstić information content (AvgIpc) is 3.73. The highest BCUT2D eigenvalue weighted by Gasteiger charge is 2.50. The van der Waals surface area contributed by atoms with Gasteiger partial charge in [0.25, 0.3) is 0 Å². The van der Waals surface area contributed by atoms with Crippen molar-refractivity contribution in [1.82, 2.24) is 14.9 Å². The zero-order chi connectivity index (χ0) is 34.2. The fourth-order valence-corrected chi connectivity index (χ4v) is 11.0. The molecule has 6 aliphatic carbocycles. The van der Waals surface area contributed by atoms with Gasteiger partial charge in [0.15, 0.2) is 0 Å². The first-order valence-electron chi connectivity index (χ1n) is 20.0. The molecule has 0 N–H and O–H groups in total. The normalized spacial score (nSPS) is 28.9. The molecule has 8 aliphatic rings. The Morgan fingerprint density at radius 3 is 2.54 bits per heavy atom. The highest BCUT2D eigenvalue weighted by molar-refractivity contribution is 5.93. The number of para-hydroxylation sites is 1. The number of benzene rings is 2. The standard InChI is InChI=1S/C48H46N4/c1-3-14-32(15-4-1)47-38-20-9-11-21-41(38)49-48(50-47)52-44-27-25-34(30-40(44)46-36-18-8-7-13-31(36)23-28-45(46)52)33-24-26-43-39(29-33)37-19-10-12-22-42(37)51(43)35-16-5-2-6-17-35/h1,3-5,9,11-12,14-17,20-22,24-26,29-30,39,43-46H,2,6-8,10,13,18-19,23,27-28H2. The SMILES string of the molecule is C1=CC(N2C3=C(CCC=C3)C3C=C(C4=CCC5C(=C4)C4C6=C(CCCC6)CCC4N5c4nc(-c5ccccc5)c5ccccc5n4)C=CC32)=CCC1. The Balaban J connectivity index is 0.998. The molecule has 5 unspecified atom stereocenters. The molecule has 0 bridgehead atoms. The van der Waals surface area contributed by atoms with Gasteiger partial charge in [-0.3, -0.25) is 0 Å². The largest absolute Gasteiger partial charge is 0.334 e. The molecule has 0 radical (unpaired) electrons. The van der Waals surface area contributed by atoms with E-state index in [0.29, 0.717) is 23.9 Å². The maximum Gasteiger partial charge on any atom is 0.227 e. The lowest BCUT2D eigenvalue weighted by molar-refractivity contribution is 0.378. The van der Waals surface area contributed by atoms with Crippen molar-refractivity contribution in [2.75, 3.05) is 4.90 Å². The van der Waals surface area contributed by atoms with E-state index >= 15 is 0 Å². The lowest BCUT2D eigenvalue weighted by Gasteiger charge is -2.37. The first kappa shape index (κ1) is 30.6. The minimum atomic E-state index is 0.281. The number of anilines is 1. The van der Waals surface area contributed by atoms with Crippen LogP contribution in [0.5, 0.6) is 0 Å². The van der Waals surface area contributed by atoms with Gasteiger partial charge in [-0.1, -0.05) is 108 Å². The van der Waals surface area contributed by atoms with Gasteiger partial charge < -0.3 is 9.80 Å². The van der Waals surface area contributed by atoms with Crippen LogP contribution >= 0.6 is 0 Å². The van der Waals surface area contributed by atoms with E-state index in [0.717, 1.165) is 60.2 Å². The lowest BCUT2D eigenvalue weighted by atomic mass is 9.70. The van der Waals surface area contributed by atoms with Crippen molar-refractivity contribution in [3.63, 3.8) is 0 Å². The topological polar surface area (TPSA) is 32.3 Å². The van der Waals surface area contributed by atoms with Gasteiger partial charge in [0.05, 0.1) is 23.3 Å². The molecule has 3 heterocycles. The molecular formula is C48H46N4. The Kier molecular flexibility index (Phi) is 7.27. The first-order chi connectivity index (χ1) is 25.8. The molecule has 258 valence electrons. The lowest BCUT2D eigenvalue weighted by Crippen LogP contribution is -2.41. The quantitative estimate of drug-likeness (QED) is 0.257. The van der Waals surface area contributed by atoms with Crippen LogP contribution < -0.4 is 4.90 Å². The molecule has 0 amide bonds. The van der Waals surface area contributed by atoms with Crippen molar-refractivity contribution in [3.8, 4) is 11.3 Å². The second-order valence-electron chi connectivity index (χ2n) is 16.0. The van der Waals surface area contributed by atoms with E-state index in [-0.39, 0.29) is 6.04 Å². The highest BCUT2D eigenvalue weighted by atomic mass is 15.3. The summed E-state index contributed by atoms with van der Waals surface area (Å²) in [7, 11) is 0. The molecule has 0 saturated carbocycles. The molecule has 52 heavy (non-hydrogen) atoms. The van der Waals surface area contributed by atoms with Crippen molar-refractivity contribution in [2.45, 2.75) is 88.8 Å². The smallest absolute Gasteiger partial charge is 0.227 e. The van der Waals surface area contributed by atoms with Gasteiger partial charge in [-0.25, -0.2) is 9.97 Å². The fourth-order valence-electron chi connectivity index (χ4n) is 11.0. The Morgan fingerprint density at radius 2 is 1.62 bits per heavy atom. The van der Waals surface area contributed by atoms with Crippen LogP contribution in [0.2, 0.25) is 0 Å². The highest BCUT2D eigenvalue weighted by Crippen LogP contribution is 2.54. The van der Waals surface area contributed by atoms with Crippen molar-refractivity contribution in [1.29, 1.82) is 0 Å². The number of hydrogen-bond donors (Lipinski definition) is 0. The van der Waals surface area contributed by atoms with Crippen LogP contribution in [-0.2, 0) is 0 Å². The number of rotatable bonds is 4. The second kappa shape index (κ2) is 12.3. The van der Waals surface area contributed by atoms with Gasteiger partial charge in [0.2, 0.25) is 5.95 Å². The van der Waals surface area contributed by atoms with Crippen LogP contribution in [0.1, 0.15) is 70.6 Å². The summed E-state index contributed by atoms with van der Waals surface area (Å²) in [5.74, 6) is 1.78. The second-order valence-corrected chi connectivity index (χ2v) is 16.0. The van der Waals surface area contributed by atoms with Crippen LogP contribution in [0.3, 0.4) is 0 Å². The molecule has 4 heteroatoms. The summed E-state index contributed by atoms with van der Waals surface area (Å²) in [5.41, 5.74) is 15.6. The van der Waals surface area contributed by atoms with Gasteiger partial charge in [0, 0.05) is 40.2 Å². The summed E-state index contributed by atoms with van der Waals surface area (Å²) in [6.07, 6.45) is 37.9. The molecule has 1 saturated heterocycles. The van der Waals surface area contributed by atoms with Crippen molar-refractivity contribution < 1.29 is 0 Å². The van der Waals surface area contributed by atoms with E-state index in [1.807, 2.05) is 0 Å². The average molecular weight is 679 g/mol. The Labute approximate surface area is 307 Å². The van der Waals surface area contributed by atoms with E-state index in [1.165, 1.54) is 61.1 Å². The maximum atomic E-state index is 5.47. The minimum Gasteiger partial charge on any atom is -0.334 e. The van der Waals surface area contributed by atoms with Crippen molar-refractivity contribution >= 4 is 16.9 Å². The number of aromatic nitrogens is 2. The third-order valence-corrected chi connectivity index (χ3v) is 13.3. The van der Waals surface area contributed by atoms with Crippen LogP contribution in [0.15, 0.2) is 160 Å². The fraction of sp³-hybridized carbons (Fsp3) is 0.333.